The van der Waals surface area contributed by atoms with Crippen molar-refractivity contribution >= 4 is 17.4 Å². The van der Waals surface area contributed by atoms with Gasteiger partial charge in [0.1, 0.15) is 5.57 Å². The largest absolute Gasteiger partial charge is 0.416 e. The Labute approximate surface area is 196 Å². The zero-order valence-electron chi connectivity index (χ0n) is 18.8. The molecule has 0 bridgehead atoms. The van der Waals surface area contributed by atoms with Crippen molar-refractivity contribution in [3.63, 3.8) is 0 Å². The molecule has 8 heteroatoms. The second-order valence-electron chi connectivity index (χ2n) is 8.31. The Morgan fingerprint density at radius 3 is 2.56 bits per heavy atom. The average Bonchev–Trinajstić information content (AvgIpc) is 2.79. The summed E-state index contributed by atoms with van der Waals surface area (Å²) in [5.74, 6) is -2.21. The first kappa shape index (κ1) is 24.9. The summed E-state index contributed by atoms with van der Waals surface area (Å²) in [6.07, 6.45) is -1.14. The van der Waals surface area contributed by atoms with E-state index >= 15 is 0 Å². The molecule has 2 unspecified atom stereocenters. The lowest BCUT2D eigenvalue weighted by Crippen LogP contribution is -2.38. The second kappa shape index (κ2) is 10.5. The number of hydrogen-bond acceptors (Lipinski definition) is 4. The number of nitrogens with one attached hydrogen (secondary N) is 1. The Bertz CT molecular complexity index is 1180. The summed E-state index contributed by atoms with van der Waals surface area (Å²) in [6.45, 7) is 3.38. The number of aryl methyl sites for hydroxylation is 1. The summed E-state index contributed by atoms with van der Waals surface area (Å²) in [5, 5.41) is 11.6. The molecule has 2 aromatic carbocycles. The van der Waals surface area contributed by atoms with Gasteiger partial charge in [-0.15, -0.1) is 0 Å². The third-order valence-electron chi connectivity index (χ3n) is 5.70. The molecule has 34 heavy (non-hydrogen) atoms. The summed E-state index contributed by atoms with van der Waals surface area (Å²) in [6, 6.07) is 13.7. The number of nitrogens with zero attached hydrogens (tertiary/aromatic N) is 2. The lowest BCUT2D eigenvalue weighted by molar-refractivity contribution is -0.137. The number of amides is 1. The molecular weight excluding hydrogens is 443 g/mol. The first-order chi connectivity index (χ1) is 16.1. The molecule has 1 N–H and O–H groups in total. The van der Waals surface area contributed by atoms with Gasteiger partial charge >= 0.3 is 6.18 Å². The molecule has 1 aliphatic rings. The Hall–Kier alpha value is -3.73. The van der Waals surface area contributed by atoms with Crippen LogP contribution in [-0.4, -0.2) is 23.4 Å². The lowest BCUT2D eigenvalue weighted by atomic mass is 9.84. The SMILES string of the molecule is CC1=NC=C(C(=O)NC(C)CCCc2ccc(C#N)cc2)C(=O)C1c1cccc(C(F)(F)F)c1. The highest BCUT2D eigenvalue weighted by Gasteiger charge is 2.35. The van der Waals surface area contributed by atoms with Crippen molar-refractivity contribution in [1.29, 1.82) is 5.26 Å². The van der Waals surface area contributed by atoms with Crippen LogP contribution in [0, 0.1) is 11.3 Å². The first-order valence-electron chi connectivity index (χ1n) is 10.9. The number of rotatable bonds is 7. The van der Waals surface area contributed by atoms with Crippen LogP contribution in [0.3, 0.4) is 0 Å². The molecule has 176 valence electrons. The van der Waals surface area contributed by atoms with Gasteiger partial charge in [0.2, 0.25) is 0 Å². The highest BCUT2D eigenvalue weighted by Crippen LogP contribution is 2.33. The number of aliphatic imine (C=N–C) groups is 1. The van der Waals surface area contributed by atoms with E-state index in [2.05, 4.69) is 16.4 Å². The highest BCUT2D eigenvalue weighted by atomic mass is 19.4. The van der Waals surface area contributed by atoms with Crippen LogP contribution in [0.1, 0.15) is 54.9 Å². The van der Waals surface area contributed by atoms with Gasteiger partial charge < -0.3 is 5.32 Å². The van der Waals surface area contributed by atoms with Crippen molar-refractivity contribution in [2.24, 2.45) is 4.99 Å². The van der Waals surface area contributed by atoms with Crippen molar-refractivity contribution in [1.82, 2.24) is 5.32 Å². The van der Waals surface area contributed by atoms with Gasteiger partial charge in [-0.3, -0.25) is 14.6 Å². The molecule has 0 saturated carbocycles. The maximum atomic E-state index is 13.1. The van der Waals surface area contributed by atoms with E-state index in [0.717, 1.165) is 30.5 Å². The number of Topliss-reactive ketones (excluding diaryl/α,β-unsaturated/α-hetero) is 1. The molecule has 0 spiro atoms. The van der Waals surface area contributed by atoms with Crippen molar-refractivity contribution < 1.29 is 22.8 Å². The van der Waals surface area contributed by atoms with E-state index in [4.69, 9.17) is 5.26 Å². The third-order valence-corrected chi connectivity index (χ3v) is 5.70. The van der Waals surface area contributed by atoms with Gasteiger partial charge in [-0.2, -0.15) is 18.4 Å². The van der Waals surface area contributed by atoms with Crippen LogP contribution in [0.25, 0.3) is 0 Å². The standard InChI is InChI=1S/C26H24F3N3O2/c1-16(5-3-6-18-9-11-19(14-30)12-10-18)32-25(34)22-15-31-17(2)23(24(22)33)20-7-4-8-21(13-20)26(27,28)29/h4,7-13,15-16,23H,3,5-6H2,1-2H3,(H,32,34). The maximum absolute atomic E-state index is 13.1. The molecular formula is C26H24F3N3O2. The second-order valence-corrected chi connectivity index (χ2v) is 8.31. The zero-order chi connectivity index (χ0) is 24.9. The van der Waals surface area contributed by atoms with E-state index < -0.39 is 29.3 Å². The fourth-order valence-corrected chi connectivity index (χ4v) is 3.84. The van der Waals surface area contributed by atoms with Gasteiger partial charge in [0, 0.05) is 18.0 Å². The van der Waals surface area contributed by atoms with Crippen LogP contribution in [0.15, 0.2) is 65.3 Å². The Kier molecular flexibility index (Phi) is 7.67. The normalized spacial score (nSPS) is 16.8. The molecule has 0 saturated heterocycles. The number of carbonyl (C=O) groups is 2. The van der Waals surface area contributed by atoms with Crippen molar-refractivity contribution in [2.45, 2.75) is 51.2 Å². The van der Waals surface area contributed by atoms with Crippen molar-refractivity contribution in [3.05, 3.63) is 82.6 Å². The van der Waals surface area contributed by atoms with Gasteiger partial charge in [-0.25, -0.2) is 0 Å². The monoisotopic (exact) mass is 467 g/mol. The Morgan fingerprint density at radius 1 is 1.21 bits per heavy atom. The van der Waals surface area contributed by atoms with E-state index in [1.54, 1.807) is 19.1 Å². The fraction of sp³-hybridized carbons (Fsp3) is 0.308. The molecule has 0 aromatic heterocycles. The number of halogens is 3. The molecule has 5 nitrogen and oxygen atoms in total. The van der Waals surface area contributed by atoms with E-state index in [1.165, 1.54) is 18.3 Å². The summed E-state index contributed by atoms with van der Waals surface area (Å²) in [4.78, 5) is 29.9. The van der Waals surface area contributed by atoms with Crippen LogP contribution >= 0.6 is 0 Å². The first-order valence-corrected chi connectivity index (χ1v) is 10.9. The van der Waals surface area contributed by atoms with Crippen molar-refractivity contribution in [3.8, 4) is 6.07 Å². The molecule has 2 aromatic rings. The Morgan fingerprint density at radius 2 is 1.91 bits per heavy atom. The van der Waals surface area contributed by atoms with Gasteiger partial charge in [-0.1, -0.05) is 30.3 Å². The molecule has 3 rings (SSSR count). The molecule has 1 amide bonds. The number of ketones is 1. The number of nitriles is 1. The van der Waals surface area contributed by atoms with Crippen LogP contribution in [-0.2, 0) is 22.2 Å². The Balaban J connectivity index is 1.62. The van der Waals surface area contributed by atoms with Crippen LogP contribution in [0.2, 0.25) is 0 Å². The van der Waals surface area contributed by atoms with Gasteiger partial charge in [0.05, 0.1) is 23.1 Å². The van der Waals surface area contributed by atoms with E-state index in [9.17, 15) is 22.8 Å². The summed E-state index contributed by atoms with van der Waals surface area (Å²) in [7, 11) is 0. The number of carbonyl (C=O) groups excluding carboxylic acids is 2. The summed E-state index contributed by atoms with van der Waals surface area (Å²) in [5.41, 5.74) is 1.12. The molecule has 2 atom stereocenters. The number of alkyl halides is 3. The van der Waals surface area contributed by atoms with Gasteiger partial charge in [0.15, 0.2) is 5.78 Å². The third kappa shape index (κ3) is 5.98. The predicted molar refractivity (Wildman–Crippen MR) is 122 cm³/mol. The highest BCUT2D eigenvalue weighted by molar-refractivity contribution is 6.28. The number of hydrogen-bond donors (Lipinski definition) is 1. The molecule has 0 fully saturated rings. The summed E-state index contributed by atoms with van der Waals surface area (Å²) >= 11 is 0. The molecule has 1 aliphatic heterocycles. The maximum Gasteiger partial charge on any atom is 0.416 e. The van der Waals surface area contributed by atoms with E-state index in [1.807, 2.05) is 19.1 Å². The van der Waals surface area contributed by atoms with Crippen LogP contribution in [0.5, 0.6) is 0 Å². The summed E-state index contributed by atoms with van der Waals surface area (Å²) < 4.78 is 39.4. The van der Waals surface area contributed by atoms with E-state index in [0.29, 0.717) is 17.7 Å². The van der Waals surface area contributed by atoms with Gasteiger partial charge in [0.25, 0.3) is 5.91 Å². The number of benzene rings is 2. The van der Waals surface area contributed by atoms with E-state index in [-0.39, 0.29) is 17.2 Å². The minimum absolute atomic E-state index is 0.148. The van der Waals surface area contributed by atoms with Gasteiger partial charge in [-0.05, 0) is 62.4 Å². The van der Waals surface area contributed by atoms with Crippen molar-refractivity contribution in [2.75, 3.05) is 0 Å². The molecule has 0 radical (unpaired) electrons. The zero-order valence-corrected chi connectivity index (χ0v) is 18.8. The smallest absolute Gasteiger partial charge is 0.349 e. The predicted octanol–water partition coefficient (Wildman–Crippen LogP) is 5.12. The van der Waals surface area contributed by atoms with Crippen LogP contribution in [0.4, 0.5) is 13.2 Å². The minimum Gasteiger partial charge on any atom is -0.349 e. The quantitative estimate of drug-likeness (QED) is 0.574. The fourth-order valence-electron chi connectivity index (χ4n) is 3.84. The minimum atomic E-state index is -4.54. The van der Waals surface area contributed by atoms with Crippen LogP contribution < -0.4 is 5.32 Å². The average molecular weight is 467 g/mol. The lowest BCUT2D eigenvalue weighted by Gasteiger charge is -2.22. The molecule has 0 aliphatic carbocycles. The molecule has 1 heterocycles. The topological polar surface area (TPSA) is 82.3 Å².